The van der Waals surface area contributed by atoms with Crippen LogP contribution in [0.1, 0.15) is 19.8 Å². The molecular formula is C13H19N3O5. The van der Waals surface area contributed by atoms with Gasteiger partial charge in [0.2, 0.25) is 5.91 Å². The topological polar surface area (TPSA) is 96.0 Å². The molecule has 0 aromatic carbocycles. The van der Waals surface area contributed by atoms with Crippen molar-refractivity contribution < 1.29 is 23.9 Å². The number of piperidine rings is 1. The second-order valence-electron chi connectivity index (χ2n) is 5.05. The number of carbonyl (C=O) groups excluding carboxylic acids is 4. The number of rotatable bonds is 4. The maximum Gasteiger partial charge on any atom is 0.325 e. The quantitative estimate of drug-likeness (QED) is 0.549. The second-order valence-corrected chi connectivity index (χ2v) is 5.05. The van der Waals surface area contributed by atoms with E-state index < -0.39 is 11.9 Å². The maximum absolute atomic E-state index is 12.1. The van der Waals surface area contributed by atoms with Gasteiger partial charge in [-0.15, -0.1) is 0 Å². The minimum atomic E-state index is -0.533. The van der Waals surface area contributed by atoms with E-state index in [4.69, 9.17) is 4.74 Å². The SMILES string of the molecule is CCOC(=O)C1CCN(C(=O)CN2C(=O)CNC2=O)CC1. The Morgan fingerprint density at radius 1 is 1.29 bits per heavy atom. The largest absolute Gasteiger partial charge is 0.466 e. The number of ether oxygens (including phenoxy) is 1. The Morgan fingerprint density at radius 2 is 1.95 bits per heavy atom. The molecule has 2 fully saturated rings. The highest BCUT2D eigenvalue weighted by Crippen LogP contribution is 2.19. The van der Waals surface area contributed by atoms with Crippen molar-refractivity contribution in [3.63, 3.8) is 0 Å². The van der Waals surface area contributed by atoms with Gasteiger partial charge in [0.15, 0.2) is 0 Å². The molecule has 2 aliphatic heterocycles. The minimum absolute atomic E-state index is 0.0585. The number of amides is 4. The molecule has 0 aromatic rings. The van der Waals surface area contributed by atoms with Gasteiger partial charge in [0.1, 0.15) is 6.54 Å². The van der Waals surface area contributed by atoms with Crippen LogP contribution in [0.25, 0.3) is 0 Å². The summed E-state index contributed by atoms with van der Waals surface area (Å²) in [5.41, 5.74) is 0. The fourth-order valence-electron chi connectivity index (χ4n) is 2.48. The Bertz CT molecular complexity index is 441. The Balaban J connectivity index is 1.82. The molecule has 2 saturated heterocycles. The number of hydrogen-bond acceptors (Lipinski definition) is 5. The molecule has 2 heterocycles. The normalized spacial score (nSPS) is 19.7. The lowest BCUT2D eigenvalue weighted by Crippen LogP contribution is -2.46. The van der Waals surface area contributed by atoms with E-state index >= 15 is 0 Å². The van der Waals surface area contributed by atoms with E-state index in [0.29, 0.717) is 32.5 Å². The first-order valence-corrected chi connectivity index (χ1v) is 7.05. The van der Waals surface area contributed by atoms with Crippen LogP contribution in [0.5, 0.6) is 0 Å². The molecule has 0 bridgehead atoms. The monoisotopic (exact) mass is 297 g/mol. The van der Waals surface area contributed by atoms with Gasteiger partial charge in [-0.2, -0.15) is 0 Å². The summed E-state index contributed by atoms with van der Waals surface area (Å²) >= 11 is 0. The summed E-state index contributed by atoms with van der Waals surface area (Å²) < 4.78 is 4.96. The van der Waals surface area contributed by atoms with Crippen LogP contribution in [0.2, 0.25) is 0 Å². The van der Waals surface area contributed by atoms with Crippen LogP contribution in [0.3, 0.4) is 0 Å². The summed E-state index contributed by atoms with van der Waals surface area (Å²) in [7, 11) is 0. The molecule has 4 amide bonds. The number of nitrogens with zero attached hydrogens (tertiary/aromatic N) is 2. The number of imide groups is 1. The van der Waals surface area contributed by atoms with E-state index in [-0.39, 0.29) is 30.9 Å². The zero-order chi connectivity index (χ0) is 15.4. The number of likely N-dealkylation sites (tertiary alicyclic amines) is 1. The van der Waals surface area contributed by atoms with E-state index in [1.807, 2.05) is 0 Å². The first-order chi connectivity index (χ1) is 10.0. The average Bonchev–Trinajstić information content (AvgIpc) is 2.79. The van der Waals surface area contributed by atoms with Crippen LogP contribution in [-0.2, 0) is 19.1 Å². The van der Waals surface area contributed by atoms with Crippen LogP contribution >= 0.6 is 0 Å². The van der Waals surface area contributed by atoms with Crippen molar-refractivity contribution in [3.05, 3.63) is 0 Å². The van der Waals surface area contributed by atoms with Gasteiger partial charge in [-0.25, -0.2) is 4.79 Å². The highest BCUT2D eigenvalue weighted by molar-refractivity contribution is 6.04. The molecule has 0 aromatic heterocycles. The highest BCUT2D eigenvalue weighted by Gasteiger charge is 2.33. The van der Waals surface area contributed by atoms with E-state index in [1.54, 1.807) is 11.8 Å². The highest BCUT2D eigenvalue weighted by atomic mass is 16.5. The van der Waals surface area contributed by atoms with Gasteiger partial charge in [0.05, 0.1) is 19.1 Å². The lowest BCUT2D eigenvalue weighted by molar-refractivity contribution is -0.151. The number of esters is 1. The zero-order valence-corrected chi connectivity index (χ0v) is 12.0. The van der Waals surface area contributed by atoms with Crippen molar-refractivity contribution in [3.8, 4) is 0 Å². The minimum Gasteiger partial charge on any atom is -0.466 e. The summed E-state index contributed by atoms with van der Waals surface area (Å²) in [6.07, 6.45) is 1.09. The van der Waals surface area contributed by atoms with E-state index in [0.717, 1.165) is 4.90 Å². The molecule has 8 nitrogen and oxygen atoms in total. The molecule has 0 unspecified atom stereocenters. The summed E-state index contributed by atoms with van der Waals surface area (Å²) in [6, 6.07) is -0.533. The lowest BCUT2D eigenvalue weighted by Gasteiger charge is -2.31. The molecule has 0 radical (unpaired) electrons. The first kappa shape index (κ1) is 15.3. The summed E-state index contributed by atoms with van der Waals surface area (Å²) in [4.78, 5) is 49.0. The van der Waals surface area contributed by atoms with Crippen LogP contribution in [0.15, 0.2) is 0 Å². The van der Waals surface area contributed by atoms with Gasteiger partial charge in [0, 0.05) is 13.1 Å². The Hall–Kier alpha value is -2.12. The number of carbonyl (C=O) groups is 4. The molecule has 116 valence electrons. The van der Waals surface area contributed by atoms with E-state index in [9.17, 15) is 19.2 Å². The van der Waals surface area contributed by atoms with Gasteiger partial charge in [-0.3, -0.25) is 19.3 Å². The third-order valence-electron chi connectivity index (χ3n) is 3.70. The van der Waals surface area contributed by atoms with E-state index in [1.165, 1.54) is 0 Å². The molecule has 0 saturated carbocycles. The Kier molecular flexibility index (Phi) is 4.77. The summed E-state index contributed by atoms with van der Waals surface area (Å²) in [5.74, 6) is -1.07. The standard InChI is InChI=1S/C13H19N3O5/c1-2-21-12(19)9-3-5-15(6-4-9)11(18)8-16-10(17)7-14-13(16)20/h9H,2-8H2,1H3,(H,14,20). The van der Waals surface area contributed by atoms with Crippen molar-refractivity contribution in [1.82, 2.24) is 15.1 Å². The van der Waals surface area contributed by atoms with Crippen LogP contribution < -0.4 is 5.32 Å². The molecule has 2 aliphatic rings. The molecule has 2 rings (SSSR count). The molecule has 0 spiro atoms. The smallest absolute Gasteiger partial charge is 0.325 e. The molecular weight excluding hydrogens is 278 g/mol. The van der Waals surface area contributed by atoms with Crippen molar-refractivity contribution in [1.29, 1.82) is 0 Å². The van der Waals surface area contributed by atoms with Crippen LogP contribution in [-0.4, -0.2) is 66.4 Å². The third kappa shape index (κ3) is 3.50. The van der Waals surface area contributed by atoms with Crippen molar-refractivity contribution in [2.24, 2.45) is 5.92 Å². The Morgan fingerprint density at radius 3 is 2.48 bits per heavy atom. The maximum atomic E-state index is 12.1. The van der Waals surface area contributed by atoms with Gasteiger partial charge in [-0.1, -0.05) is 0 Å². The molecule has 1 N–H and O–H groups in total. The first-order valence-electron chi connectivity index (χ1n) is 7.05. The third-order valence-corrected chi connectivity index (χ3v) is 3.70. The fraction of sp³-hybridized carbons (Fsp3) is 0.692. The number of urea groups is 1. The van der Waals surface area contributed by atoms with Gasteiger partial charge >= 0.3 is 12.0 Å². The molecule has 0 aliphatic carbocycles. The van der Waals surface area contributed by atoms with Gasteiger partial charge < -0.3 is 15.0 Å². The predicted octanol–water partition coefficient (Wildman–Crippen LogP) is -0.660. The molecule has 8 heteroatoms. The van der Waals surface area contributed by atoms with Crippen LogP contribution in [0, 0.1) is 5.92 Å². The Labute approximate surface area is 122 Å². The lowest BCUT2D eigenvalue weighted by atomic mass is 9.97. The van der Waals surface area contributed by atoms with Crippen molar-refractivity contribution >= 4 is 23.8 Å². The second kappa shape index (κ2) is 6.55. The van der Waals surface area contributed by atoms with Crippen molar-refractivity contribution in [2.45, 2.75) is 19.8 Å². The summed E-state index contributed by atoms with van der Waals surface area (Å²) in [5, 5.41) is 2.37. The summed E-state index contributed by atoms with van der Waals surface area (Å²) in [6.45, 7) is 2.68. The zero-order valence-electron chi connectivity index (χ0n) is 12.0. The molecule has 21 heavy (non-hydrogen) atoms. The number of nitrogens with one attached hydrogen (secondary N) is 1. The van der Waals surface area contributed by atoms with Gasteiger partial charge in [-0.05, 0) is 19.8 Å². The predicted molar refractivity (Wildman–Crippen MR) is 71.0 cm³/mol. The fourth-order valence-corrected chi connectivity index (χ4v) is 2.48. The van der Waals surface area contributed by atoms with Gasteiger partial charge in [0.25, 0.3) is 5.91 Å². The average molecular weight is 297 g/mol. The van der Waals surface area contributed by atoms with E-state index in [2.05, 4.69) is 5.32 Å². The van der Waals surface area contributed by atoms with Crippen molar-refractivity contribution in [2.75, 3.05) is 32.8 Å². The molecule has 0 atom stereocenters. The van der Waals surface area contributed by atoms with Crippen LogP contribution in [0.4, 0.5) is 4.79 Å². The number of hydrogen-bond donors (Lipinski definition) is 1.